The number of aliphatic hydroxyl groups is 2. The quantitative estimate of drug-likeness (QED) is 0.0421. The third-order valence-corrected chi connectivity index (χ3v) is 12.6. The van der Waals surface area contributed by atoms with Gasteiger partial charge < -0.3 is 15.5 Å². The van der Waals surface area contributed by atoms with Gasteiger partial charge in [0, 0.05) is 6.42 Å². The Kier molecular flexibility index (Phi) is 53.3. The molecule has 0 rings (SSSR count). The predicted molar refractivity (Wildman–Crippen MR) is 285 cm³/mol. The van der Waals surface area contributed by atoms with Gasteiger partial charge in [0.25, 0.3) is 0 Å². The van der Waals surface area contributed by atoms with Gasteiger partial charge in [0.2, 0.25) is 5.91 Å². The Bertz CT molecular complexity index is 1100. The molecule has 0 bridgehead atoms. The highest BCUT2D eigenvalue weighted by Gasteiger charge is 2.18. The Labute approximate surface area is 399 Å². The number of nitrogens with one attached hydrogen (secondary N) is 1. The lowest BCUT2D eigenvalue weighted by Crippen LogP contribution is -2.45. The summed E-state index contributed by atoms with van der Waals surface area (Å²) in [6.45, 7) is 4.27. The van der Waals surface area contributed by atoms with E-state index in [4.69, 9.17) is 0 Å². The van der Waals surface area contributed by atoms with E-state index in [1.165, 1.54) is 212 Å². The maximum absolute atomic E-state index is 12.4. The van der Waals surface area contributed by atoms with Gasteiger partial charge in [-0.1, -0.05) is 267 Å². The topological polar surface area (TPSA) is 69.6 Å². The maximum Gasteiger partial charge on any atom is 0.220 e. The molecule has 0 aliphatic heterocycles. The van der Waals surface area contributed by atoms with Gasteiger partial charge in [0.15, 0.2) is 0 Å². The molecule has 0 fully saturated rings. The van der Waals surface area contributed by atoms with E-state index < -0.39 is 12.1 Å². The zero-order valence-electron chi connectivity index (χ0n) is 42.8. The summed E-state index contributed by atoms with van der Waals surface area (Å²) in [5.41, 5.74) is 0. The molecule has 372 valence electrons. The summed E-state index contributed by atoms with van der Waals surface area (Å²) in [6, 6.07) is -0.646. The summed E-state index contributed by atoms with van der Waals surface area (Å²) < 4.78 is 0. The lowest BCUT2D eigenvalue weighted by molar-refractivity contribution is -0.123. The fourth-order valence-electron chi connectivity index (χ4n) is 8.34. The van der Waals surface area contributed by atoms with E-state index in [9.17, 15) is 15.0 Å². The molecule has 0 saturated heterocycles. The molecule has 0 aromatic carbocycles. The van der Waals surface area contributed by atoms with Gasteiger partial charge in [-0.15, -0.1) is 0 Å². The van der Waals surface area contributed by atoms with E-state index in [0.717, 1.165) is 51.4 Å². The molecule has 0 spiro atoms. The van der Waals surface area contributed by atoms with Crippen LogP contribution >= 0.6 is 0 Å². The predicted octanol–water partition coefficient (Wildman–Crippen LogP) is 18.6. The third-order valence-electron chi connectivity index (χ3n) is 12.6. The van der Waals surface area contributed by atoms with Crippen molar-refractivity contribution >= 4 is 5.91 Å². The summed E-state index contributed by atoms with van der Waals surface area (Å²) in [6.07, 6.45) is 79.3. The highest BCUT2D eigenvalue weighted by Crippen LogP contribution is 2.16. The average molecular weight is 893 g/mol. The molecular weight excluding hydrogens is 783 g/mol. The first-order valence-electron chi connectivity index (χ1n) is 28.2. The molecule has 0 heterocycles. The van der Waals surface area contributed by atoms with Gasteiger partial charge in [0.05, 0.1) is 18.8 Å². The summed E-state index contributed by atoms with van der Waals surface area (Å²) >= 11 is 0. The summed E-state index contributed by atoms with van der Waals surface area (Å²) in [5.74, 6) is -0.0764. The first-order valence-corrected chi connectivity index (χ1v) is 28.2. The van der Waals surface area contributed by atoms with Crippen LogP contribution in [0.3, 0.4) is 0 Å². The second-order valence-electron chi connectivity index (χ2n) is 19.0. The van der Waals surface area contributed by atoms with Crippen molar-refractivity contribution in [3.63, 3.8) is 0 Å². The molecule has 2 unspecified atom stereocenters. The number of allylic oxidation sites excluding steroid dienone is 11. The van der Waals surface area contributed by atoms with Crippen LogP contribution in [-0.2, 0) is 4.79 Å². The minimum absolute atomic E-state index is 0.0764. The average Bonchev–Trinajstić information content (AvgIpc) is 3.30. The van der Waals surface area contributed by atoms with Crippen molar-refractivity contribution in [2.75, 3.05) is 6.61 Å². The minimum atomic E-state index is -0.871. The Morgan fingerprint density at radius 1 is 0.375 bits per heavy atom. The molecular formula is C60H109NO3. The van der Waals surface area contributed by atoms with E-state index in [1.54, 1.807) is 6.08 Å². The van der Waals surface area contributed by atoms with Crippen molar-refractivity contribution in [2.45, 2.75) is 296 Å². The number of carbonyl (C=O) groups excluding carboxylic acids is 1. The largest absolute Gasteiger partial charge is 0.394 e. The van der Waals surface area contributed by atoms with Gasteiger partial charge in [-0.25, -0.2) is 0 Å². The maximum atomic E-state index is 12.4. The third kappa shape index (κ3) is 50.8. The smallest absolute Gasteiger partial charge is 0.220 e. The number of amides is 1. The van der Waals surface area contributed by atoms with E-state index in [-0.39, 0.29) is 12.5 Å². The van der Waals surface area contributed by atoms with Crippen molar-refractivity contribution in [3.05, 3.63) is 72.9 Å². The zero-order chi connectivity index (χ0) is 46.3. The normalized spacial score (nSPS) is 13.4. The standard InChI is InChI=1S/C60H109NO3/c1-3-5-7-9-11-13-15-17-19-20-21-22-23-24-25-26-27-28-29-30-31-32-33-34-35-36-37-38-39-40-42-44-46-48-50-52-54-56-60(64)61-58(57-62)59(63)55-53-51-49-47-45-43-41-18-16-14-12-10-8-6-4-2/h15-18,20-21,23-24,45,47,53,55,58-59,62-63H,3-14,19,22,25-44,46,48-52,54,56-57H2,1-2H3,(H,61,64)/b17-15-,18-16+,21-20-,24-23-,47-45+,55-53+. The Balaban J connectivity index is 3.46. The molecule has 0 aromatic heterocycles. The van der Waals surface area contributed by atoms with Crippen LogP contribution in [0.15, 0.2) is 72.9 Å². The van der Waals surface area contributed by atoms with Crippen LogP contribution < -0.4 is 5.32 Å². The SMILES string of the molecule is CCCCCCC/C=C\C/C=C\C/C=C\CCCCCCCCCCCCCCCCCCCCCCCCC(=O)NC(CO)C(O)/C=C/CC/C=C/CC/C=C/CCCCCCC. The lowest BCUT2D eigenvalue weighted by Gasteiger charge is -2.19. The second kappa shape index (κ2) is 55.2. The van der Waals surface area contributed by atoms with E-state index in [2.05, 4.69) is 79.9 Å². The molecule has 0 aromatic rings. The van der Waals surface area contributed by atoms with Crippen LogP contribution in [0.25, 0.3) is 0 Å². The number of hydrogen-bond acceptors (Lipinski definition) is 3. The molecule has 0 radical (unpaired) electrons. The highest BCUT2D eigenvalue weighted by molar-refractivity contribution is 5.76. The van der Waals surface area contributed by atoms with Crippen molar-refractivity contribution in [1.82, 2.24) is 5.32 Å². The molecule has 0 saturated carbocycles. The van der Waals surface area contributed by atoms with Crippen LogP contribution in [-0.4, -0.2) is 34.9 Å². The molecule has 1 amide bonds. The van der Waals surface area contributed by atoms with E-state index >= 15 is 0 Å². The minimum Gasteiger partial charge on any atom is -0.394 e. The van der Waals surface area contributed by atoms with Crippen molar-refractivity contribution in [1.29, 1.82) is 0 Å². The van der Waals surface area contributed by atoms with Crippen LogP contribution in [0.2, 0.25) is 0 Å². The molecule has 64 heavy (non-hydrogen) atoms. The number of unbranched alkanes of at least 4 members (excludes halogenated alkanes) is 34. The summed E-state index contributed by atoms with van der Waals surface area (Å²) in [5, 5.41) is 23.1. The van der Waals surface area contributed by atoms with Crippen LogP contribution in [0.1, 0.15) is 284 Å². The van der Waals surface area contributed by atoms with Crippen molar-refractivity contribution in [3.8, 4) is 0 Å². The monoisotopic (exact) mass is 892 g/mol. The molecule has 0 aliphatic carbocycles. The van der Waals surface area contributed by atoms with Crippen molar-refractivity contribution < 1.29 is 15.0 Å². The van der Waals surface area contributed by atoms with Crippen LogP contribution in [0, 0.1) is 0 Å². The summed E-state index contributed by atoms with van der Waals surface area (Å²) in [7, 11) is 0. The second-order valence-corrected chi connectivity index (χ2v) is 19.0. The van der Waals surface area contributed by atoms with E-state index in [0.29, 0.717) is 6.42 Å². The number of rotatable bonds is 51. The first-order chi connectivity index (χ1) is 31.7. The van der Waals surface area contributed by atoms with Gasteiger partial charge in [0.1, 0.15) is 0 Å². The number of aliphatic hydroxyl groups excluding tert-OH is 2. The fourth-order valence-corrected chi connectivity index (χ4v) is 8.34. The van der Waals surface area contributed by atoms with E-state index in [1.807, 2.05) is 6.08 Å². The van der Waals surface area contributed by atoms with Gasteiger partial charge in [-0.05, 0) is 83.5 Å². The van der Waals surface area contributed by atoms with Crippen LogP contribution in [0.5, 0.6) is 0 Å². The Hall–Kier alpha value is -2.17. The lowest BCUT2D eigenvalue weighted by atomic mass is 10.0. The Morgan fingerprint density at radius 3 is 1.02 bits per heavy atom. The van der Waals surface area contributed by atoms with Crippen molar-refractivity contribution in [2.24, 2.45) is 0 Å². The highest BCUT2D eigenvalue weighted by atomic mass is 16.3. The molecule has 4 heteroatoms. The molecule has 3 N–H and O–H groups in total. The fraction of sp³-hybridized carbons (Fsp3) is 0.783. The molecule has 4 nitrogen and oxygen atoms in total. The zero-order valence-corrected chi connectivity index (χ0v) is 42.8. The number of carbonyl (C=O) groups is 1. The van der Waals surface area contributed by atoms with Gasteiger partial charge in [-0.2, -0.15) is 0 Å². The first kappa shape index (κ1) is 61.8. The van der Waals surface area contributed by atoms with Gasteiger partial charge >= 0.3 is 0 Å². The molecule has 0 aliphatic rings. The van der Waals surface area contributed by atoms with Crippen LogP contribution in [0.4, 0.5) is 0 Å². The Morgan fingerprint density at radius 2 is 0.656 bits per heavy atom. The molecule has 2 atom stereocenters. The summed E-state index contributed by atoms with van der Waals surface area (Å²) in [4.78, 5) is 12.4. The number of hydrogen-bond donors (Lipinski definition) is 3. The van der Waals surface area contributed by atoms with Gasteiger partial charge in [-0.3, -0.25) is 4.79 Å².